The normalized spacial score (nSPS) is 10.1. The van der Waals surface area contributed by atoms with E-state index in [2.05, 4.69) is 20.6 Å². The Kier molecular flexibility index (Phi) is 3.79. The largest absolute Gasteiger partial charge is 0.494 e. The third-order valence-electron chi connectivity index (χ3n) is 2.50. The minimum absolute atomic E-state index is 0.209. The number of benzene rings is 1. The van der Waals surface area contributed by atoms with Gasteiger partial charge in [0.1, 0.15) is 5.82 Å². The van der Waals surface area contributed by atoms with Gasteiger partial charge in [-0.3, -0.25) is 0 Å². The molecule has 0 saturated heterocycles. The number of methoxy groups -OCH3 is 1. The Morgan fingerprint density at radius 2 is 2.00 bits per heavy atom. The van der Waals surface area contributed by atoms with Crippen molar-refractivity contribution in [3.8, 4) is 5.75 Å². The smallest absolute Gasteiger partial charge is 0.224 e. The molecule has 2 aromatic rings. The Labute approximate surface area is 110 Å². The number of nitrogens with one attached hydrogen (secondary N) is 2. The summed E-state index contributed by atoms with van der Waals surface area (Å²) in [5.74, 6) is 0.894. The summed E-state index contributed by atoms with van der Waals surface area (Å²) in [6.45, 7) is 1.86. The first-order chi connectivity index (χ1) is 9.12. The fourth-order valence-electron chi connectivity index (χ4n) is 1.64. The van der Waals surface area contributed by atoms with Crippen molar-refractivity contribution in [3.63, 3.8) is 0 Å². The second-order valence-corrected chi connectivity index (χ2v) is 3.94. The molecule has 0 spiro atoms. The lowest BCUT2D eigenvalue weighted by atomic mass is 10.3. The molecular formula is C13H15FN4O. The number of ether oxygens (including phenoxy) is 1. The molecule has 6 heteroatoms. The van der Waals surface area contributed by atoms with Crippen LogP contribution >= 0.6 is 0 Å². The van der Waals surface area contributed by atoms with Crippen LogP contribution < -0.4 is 15.4 Å². The average molecular weight is 262 g/mol. The summed E-state index contributed by atoms with van der Waals surface area (Å²) < 4.78 is 18.4. The summed E-state index contributed by atoms with van der Waals surface area (Å²) in [5, 5.41) is 5.89. The van der Waals surface area contributed by atoms with Gasteiger partial charge in [-0.15, -0.1) is 0 Å². The molecule has 1 heterocycles. The molecule has 0 unspecified atom stereocenters. The monoisotopic (exact) mass is 262 g/mol. The maximum Gasteiger partial charge on any atom is 0.224 e. The number of nitrogens with zero attached hydrogens (tertiary/aromatic N) is 2. The van der Waals surface area contributed by atoms with Crippen LogP contribution in [0, 0.1) is 12.7 Å². The third kappa shape index (κ3) is 3.09. The van der Waals surface area contributed by atoms with Gasteiger partial charge in [0.05, 0.1) is 7.11 Å². The Bertz CT molecular complexity index is 589. The molecule has 2 rings (SSSR count). The van der Waals surface area contributed by atoms with Crippen molar-refractivity contribution < 1.29 is 9.13 Å². The predicted octanol–water partition coefficient (Wildman–Crippen LogP) is 2.72. The predicted molar refractivity (Wildman–Crippen MR) is 72.6 cm³/mol. The third-order valence-corrected chi connectivity index (χ3v) is 2.50. The van der Waals surface area contributed by atoms with Crippen LogP contribution in [0.1, 0.15) is 5.69 Å². The molecule has 100 valence electrons. The van der Waals surface area contributed by atoms with Crippen LogP contribution in [0.3, 0.4) is 0 Å². The Morgan fingerprint density at radius 1 is 1.21 bits per heavy atom. The molecule has 1 aromatic carbocycles. The molecule has 19 heavy (non-hydrogen) atoms. The zero-order valence-electron chi connectivity index (χ0n) is 11.0. The van der Waals surface area contributed by atoms with Crippen LogP contribution in [-0.4, -0.2) is 24.1 Å². The minimum atomic E-state index is -0.424. The number of halogens is 1. The number of aromatic nitrogens is 2. The van der Waals surface area contributed by atoms with Crippen LogP contribution in [-0.2, 0) is 0 Å². The highest BCUT2D eigenvalue weighted by molar-refractivity contribution is 5.58. The summed E-state index contributed by atoms with van der Waals surface area (Å²) in [4.78, 5) is 8.42. The van der Waals surface area contributed by atoms with Crippen molar-refractivity contribution in [3.05, 3.63) is 35.8 Å². The van der Waals surface area contributed by atoms with Crippen molar-refractivity contribution >= 4 is 17.5 Å². The molecule has 0 saturated carbocycles. The first-order valence-corrected chi connectivity index (χ1v) is 5.76. The molecule has 0 atom stereocenters. The molecule has 0 radical (unpaired) electrons. The fourth-order valence-corrected chi connectivity index (χ4v) is 1.64. The van der Waals surface area contributed by atoms with E-state index in [9.17, 15) is 4.39 Å². The molecule has 0 fully saturated rings. The number of aryl methyl sites for hydroxylation is 1. The van der Waals surface area contributed by atoms with Gasteiger partial charge in [0.25, 0.3) is 0 Å². The zero-order chi connectivity index (χ0) is 13.8. The number of hydrogen-bond donors (Lipinski definition) is 2. The van der Waals surface area contributed by atoms with Gasteiger partial charge in [0, 0.05) is 30.6 Å². The maximum atomic E-state index is 13.6. The molecule has 0 aliphatic carbocycles. The van der Waals surface area contributed by atoms with E-state index < -0.39 is 5.82 Å². The molecule has 0 amide bonds. The van der Waals surface area contributed by atoms with Crippen molar-refractivity contribution in [1.82, 2.24) is 9.97 Å². The van der Waals surface area contributed by atoms with Crippen molar-refractivity contribution in [2.24, 2.45) is 0 Å². The van der Waals surface area contributed by atoms with E-state index in [0.717, 1.165) is 5.69 Å². The van der Waals surface area contributed by atoms with E-state index in [1.165, 1.54) is 13.2 Å². The van der Waals surface area contributed by atoms with Gasteiger partial charge in [-0.2, -0.15) is 4.98 Å². The summed E-state index contributed by atoms with van der Waals surface area (Å²) in [7, 11) is 3.17. The van der Waals surface area contributed by atoms with Crippen LogP contribution in [0.25, 0.3) is 0 Å². The Morgan fingerprint density at radius 3 is 2.63 bits per heavy atom. The van der Waals surface area contributed by atoms with Gasteiger partial charge in [-0.1, -0.05) is 0 Å². The molecule has 0 aliphatic heterocycles. The van der Waals surface area contributed by atoms with E-state index in [1.807, 2.05) is 6.92 Å². The lowest BCUT2D eigenvalue weighted by Gasteiger charge is -2.09. The average Bonchev–Trinajstić information content (AvgIpc) is 2.38. The number of rotatable bonds is 4. The number of anilines is 3. The lowest BCUT2D eigenvalue weighted by Crippen LogP contribution is -2.02. The summed E-state index contributed by atoms with van der Waals surface area (Å²) >= 11 is 0. The highest BCUT2D eigenvalue weighted by Crippen LogP contribution is 2.23. The molecule has 0 aliphatic rings. The maximum absolute atomic E-state index is 13.6. The molecule has 0 bridgehead atoms. The molecule has 2 N–H and O–H groups in total. The summed E-state index contributed by atoms with van der Waals surface area (Å²) in [6, 6.07) is 6.42. The van der Waals surface area contributed by atoms with Crippen molar-refractivity contribution in [2.75, 3.05) is 24.8 Å². The van der Waals surface area contributed by atoms with Crippen molar-refractivity contribution in [2.45, 2.75) is 6.92 Å². The van der Waals surface area contributed by atoms with Crippen LogP contribution in [0.4, 0.5) is 21.8 Å². The van der Waals surface area contributed by atoms with Crippen LogP contribution in [0.2, 0.25) is 0 Å². The van der Waals surface area contributed by atoms with Gasteiger partial charge in [0.15, 0.2) is 11.6 Å². The van der Waals surface area contributed by atoms with E-state index in [-0.39, 0.29) is 5.75 Å². The van der Waals surface area contributed by atoms with Gasteiger partial charge in [0.2, 0.25) is 5.95 Å². The van der Waals surface area contributed by atoms with Gasteiger partial charge in [-0.25, -0.2) is 9.37 Å². The van der Waals surface area contributed by atoms with Gasteiger partial charge < -0.3 is 15.4 Å². The Balaban J connectivity index is 2.25. The van der Waals surface area contributed by atoms with E-state index in [0.29, 0.717) is 17.5 Å². The molecular weight excluding hydrogens is 247 g/mol. The van der Waals surface area contributed by atoms with E-state index in [4.69, 9.17) is 4.74 Å². The number of hydrogen-bond acceptors (Lipinski definition) is 5. The van der Waals surface area contributed by atoms with Crippen LogP contribution in [0.5, 0.6) is 5.75 Å². The van der Waals surface area contributed by atoms with Crippen LogP contribution in [0.15, 0.2) is 24.3 Å². The highest BCUT2D eigenvalue weighted by Gasteiger charge is 2.05. The topological polar surface area (TPSA) is 59.1 Å². The first kappa shape index (κ1) is 13.1. The first-order valence-electron chi connectivity index (χ1n) is 5.76. The second-order valence-electron chi connectivity index (χ2n) is 3.94. The molecule has 1 aromatic heterocycles. The standard InChI is InChI=1S/C13H15FN4O/c1-8-6-12(18-13(15-2)16-8)17-9-4-5-11(19-3)10(14)7-9/h4-7H,1-3H3,(H2,15,16,17,18). The lowest BCUT2D eigenvalue weighted by molar-refractivity contribution is 0.386. The van der Waals surface area contributed by atoms with Gasteiger partial charge in [-0.05, 0) is 19.1 Å². The molecule has 5 nitrogen and oxygen atoms in total. The SMILES string of the molecule is CNc1nc(C)cc(Nc2ccc(OC)c(F)c2)n1. The van der Waals surface area contributed by atoms with Crippen molar-refractivity contribution in [1.29, 1.82) is 0 Å². The minimum Gasteiger partial charge on any atom is -0.494 e. The van der Waals surface area contributed by atoms with E-state index in [1.54, 1.807) is 25.2 Å². The second kappa shape index (κ2) is 5.51. The summed E-state index contributed by atoms with van der Waals surface area (Å²) in [5.41, 5.74) is 1.41. The van der Waals surface area contributed by atoms with E-state index >= 15 is 0 Å². The fraction of sp³-hybridized carbons (Fsp3) is 0.231. The Hall–Kier alpha value is -2.37. The quantitative estimate of drug-likeness (QED) is 0.887. The highest BCUT2D eigenvalue weighted by atomic mass is 19.1. The summed E-state index contributed by atoms with van der Waals surface area (Å²) in [6.07, 6.45) is 0. The van der Waals surface area contributed by atoms with Gasteiger partial charge >= 0.3 is 0 Å². The zero-order valence-corrected chi connectivity index (χ0v) is 11.0.